The number of aromatic nitrogens is 1. The molecule has 0 bridgehead atoms. The second-order valence-electron chi connectivity index (χ2n) is 6.15. The number of fused-ring (bicyclic) bond motifs is 1. The van der Waals surface area contributed by atoms with Crippen molar-refractivity contribution in [3.05, 3.63) is 34.8 Å². The van der Waals surface area contributed by atoms with Crippen molar-refractivity contribution in [1.29, 1.82) is 0 Å². The molecule has 8 heteroatoms. The standard InChI is InChI=1S/C17H18N2O5S/c1-17(2)7-10-5-4-6-12(14(10)24-17)23-8-13(20)19-16-18-11(9-25-16)15(21)22-3/h4-6,9H,7-8H2,1-3H3,(H,18,19,20). The van der Waals surface area contributed by atoms with Gasteiger partial charge in [0, 0.05) is 17.4 Å². The number of ether oxygens (including phenoxy) is 3. The first-order valence-corrected chi connectivity index (χ1v) is 8.53. The van der Waals surface area contributed by atoms with Crippen molar-refractivity contribution in [2.45, 2.75) is 25.9 Å². The third-order valence-corrected chi connectivity index (χ3v) is 4.32. The highest BCUT2D eigenvalue weighted by atomic mass is 32.1. The Hall–Kier alpha value is -2.61. The molecule has 132 valence electrons. The van der Waals surface area contributed by atoms with E-state index in [0.29, 0.717) is 16.6 Å². The number of anilines is 1. The van der Waals surface area contributed by atoms with Crippen molar-refractivity contribution in [3.8, 4) is 11.5 Å². The lowest BCUT2D eigenvalue weighted by Crippen LogP contribution is -2.25. The molecule has 1 aromatic heterocycles. The summed E-state index contributed by atoms with van der Waals surface area (Å²) in [5.74, 6) is 0.295. The molecule has 0 radical (unpaired) electrons. The van der Waals surface area contributed by atoms with Gasteiger partial charge in [-0.25, -0.2) is 9.78 Å². The predicted molar refractivity (Wildman–Crippen MR) is 92.4 cm³/mol. The summed E-state index contributed by atoms with van der Waals surface area (Å²) in [6, 6.07) is 5.63. The highest BCUT2D eigenvalue weighted by Crippen LogP contribution is 2.41. The quantitative estimate of drug-likeness (QED) is 0.823. The van der Waals surface area contributed by atoms with Gasteiger partial charge in [-0.1, -0.05) is 12.1 Å². The molecule has 0 saturated heterocycles. The minimum absolute atomic E-state index is 0.153. The van der Waals surface area contributed by atoms with Crippen LogP contribution in [0.15, 0.2) is 23.6 Å². The van der Waals surface area contributed by atoms with Crippen molar-refractivity contribution in [2.75, 3.05) is 19.0 Å². The first-order chi connectivity index (χ1) is 11.9. The van der Waals surface area contributed by atoms with Gasteiger partial charge >= 0.3 is 5.97 Å². The van der Waals surface area contributed by atoms with E-state index in [1.807, 2.05) is 26.0 Å². The van der Waals surface area contributed by atoms with Crippen molar-refractivity contribution in [3.63, 3.8) is 0 Å². The number of nitrogens with zero attached hydrogens (tertiary/aromatic N) is 1. The summed E-state index contributed by atoms with van der Waals surface area (Å²) < 4.78 is 16.1. The SMILES string of the molecule is COC(=O)c1csc(NC(=O)COc2cccc3c2OC(C)(C)C3)n1. The van der Waals surface area contributed by atoms with Gasteiger partial charge in [0.1, 0.15) is 5.60 Å². The summed E-state index contributed by atoms with van der Waals surface area (Å²) in [5, 5.41) is 4.42. The molecule has 1 N–H and O–H groups in total. The van der Waals surface area contributed by atoms with Gasteiger partial charge in [-0.05, 0) is 19.9 Å². The van der Waals surface area contributed by atoms with Gasteiger partial charge < -0.3 is 14.2 Å². The zero-order valence-electron chi connectivity index (χ0n) is 14.1. The average molecular weight is 362 g/mol. The van der Waals surface area contributed by atoms with Crippen LogP contribution >= 0.6 is 11.3 Å². The molecule has 1 amide bonds. The first-order valence-electron chi connectivity index (χ1n) is 7.65. The molecule has 0 fully saturated rings. The molecular weight excluding hydrogens is 344 g/mol. The monoisotopic (exact) mass is 362 g/mol. The summed E-state index contributed by atoms with van der Waals surface area (Å²) in [4.78, 5) is 27.4. The van der Waals surface area contributed by atoms with Gasteiger partial charge in [0.25, 0.3) is 5.91 Å². The highest BCUT2D eigenvalue weighted by Gasteiger charge is 2.32. The number of nitrogens with one attached hydrogen (secondary N) is 1. The third kappa shape index (κ3) is 3.90. The summed E-state index contributed by atoms with van der Waals surface area (Å²) in [5.41, 5.74) is 0.931. The van der Waals surface area contributed by atoms with E-state index in [-0.39, 0.29) is 23.8 Å². The maximum absolute atomic E-state index is 12.0. The minimum Gasteiger partial charge on any atom is -0.483 e. The van der Waals surface area contributed by atoms with Gasteiger partial charge in [-0.2, -0.15) is 0 Å². The largest absolute Gasteiger partial charge is 0.483 e. The van der Waals surface area contributed by atoms with Crippen molar-refractivity contribution < 1.29 is 23.8 Å². The molecule has 0 aliphatic carbocycles. The Morgan fingerprint density at radius 1 is 1.40 bits per heavy atom. The van der Waals surface area contributed by atoms with E-state index in [2.05, 4.69) is 15.0 Å². The third-order valence-electron chi connectivity index (χ3n) is 3.56. The first kappa shape index (κ1) is 17.2. The van der Waals surface area contributed by atoms with Crippen LogP contribution in [-0.4, -0.2) is 36.2 Å². The molecule has 1 aliphatic rings. The van der Waals surface area contributed by atoms with Crippen molar-refractivity contribution in [1.82, 2.24) is 4.98 Å². The average Bonchev–Trinajstić information content (AvgIpc) is 3.14. The van der Waals surface area contributed by atoms with Crippen molar-refractivity contribution in [2.24, 2.45) is 0 Å². The van der Waals surface area contributed by atoms with Gasteiger partial charge in [0.05, 0.1) is 7.11 Å². The molecule has 2 heterocycles. The van der Waals surface area contributed by atoms with E-state index < -0.39 is 5.97 Å². The lowest BCUT2D eigenvalue weighted by Gasteiger charge is -2.18. The number of amides is 1. The van der Waals surface area contributed by atoms with Gasteiger partial charge in [-0.15, -0.1) is 11.3 Å². The Bertz CT molecular complexity index is 815. The lowest BCUT2D eigenvalue weighted by molar-refractivity contribution is -0.118. The molecule has 0 atom stereocenters. The van der Waals surface area contributed by atoms with Gasteiger partial charge in [0.2, 0.25) is 0 Å². The number of hydrogen-bond acceptors (Lipinski definition) is 7. The lowest BCUT2D eigenvalue weighted by atomic mass is 10.0. The van der Waals surface area contributed by atoms with E-state index in [1.54, 1.807) is 6.07 Å². The minimum atomic E-state index is -0.549. The molecule has 0 saturated carbocycles. The van der Waals surface area contributed by atoms with E-state index in [4.69, 9.17) is 9.47 Å². The van der Waals surface area contributed by atoms with E-state index in [0.717, 1.165) is 23.3 Å². The number of methoxy groups -OCH3 is 1. The van der Waals surface area contributed by atoms with Crippen LogP contribution < -0.4 is 14.8 Å². The number of thiazole rings is 1. The van der Waals surface area contributed by atoms with Crippen LogP contribution in [0.4, 0.5) is 5.13 Å². The Balaban J connectivity index is 1.60. The summed E-state index contributed by atoms with van der Waals surface area (Å²) in [6.45, 7) is 3.82. The van der Waals surface area contributed by atoms with Crippen molar-refractivity contribution >= 4 is 28.3 Å². The fourth-order valence-electron chi connectivity index (χ4n) is 2.53. The van der Waals surface area contributed by atoms with Crippen LogP contribution in [0, 0.1) is 0 Å². The van der Waals surface area contributed by atoms with Gasteiger partial charge in [-0.3, -0.25) is 10.1 Å². The normalized spacial score (nSPS) is 14.4. The Morgan fingerprint density at radius 3 is 2.96 bits per heavy atom. The molecule has 7 nitrogen and oxygen atoms in total. The van der Waals surface area contributed by atoms with Crippen LogP contribution in [-0.2, 0) is 16.0 Å². The molecular formula is C17H18N2O5S. The maximum Gasteiger partial charge on any atom is 0.357 e. The van der Waals surface area contributed by atoms with E-state index in [9.17, 15) is 9.59 Å². The number of esters is 1. The number of hydrogen-bond donors (Lipinski definition) is 1. The number of carbonyl (C=O) groups is 2. The second kappa shape index (κ2) is 6.72. The van der Waals surface area contributed by atoms with Crippen LogP contribution in [0.1, 0.15) is 29.9 Å². The Kier molecular flexibility index (Phi) is 4.63. The molecule has 1 aromatic carbocycles. The van der Waals surface area contributed by atoms with E-state index in [1.165, 1.54) is 12.5 Å². The number of para-hydroxylation sites is 1. The summed E-state index contributed by atoms with van der Waals surface area (Å²) in [6.07, 6.45) is 0.793. The predicted octanol–water partition coefficient (Wildman–Crippen LogP) is 2.66. The number of carbonyl (C=O) groups excluding carboxylic acids is 2. The van der Waals surface area contributed by atoms with E-state index >= 15 is 0 Å². The Morgan fingerprint density at radius 2 is 2.20 bits per heavy atom. The number of benzene rings is 1. The summed E-state index contributed by atoms with van der Waals surface area (Å²) >= 11 is 1.14. The highest BCUT2D eigenvalue weighted by molar-refractivity contribution is 7.14. The van der Waals surface area contributed by atoms with Crippen LogP contribution in [0.3, 0.4) is 0 Å². The molecule has 0 unspecified atom stereocenters. The smallest absolute Gasteiger partial charge is 0.357 e. The van der Waals surface area contributed by atoms with Gasteiger partial charge in [0.15, 0.2) is 28.9 Å². The maximum atomic E-state index is 12.0. The van der Waals surface area contributed by atoms with Crippen LogP contribution in [0.5, 0.6) is 11.5 Å². The fraction of sp³-hybridized carbons (Fsp3) is 0.353. The van der Waals surface area contributed by atoms with Crippen LogP contribution in [0.2, 0.25) is 0 Å². The Labute approximate surface area is 148 Å². The van der Waals surface area contributed by atoms with Crippen LogP contribution in [0.25, 0.3) is 0 Å². The molecule has 2 aromatic rings. The molecule has 1 aliphatic heterocycles. The molecule has 25 heavy (non-hydrogen) atoms. The topological polar surface area (TPSA) is 86.8 Å². The zero-order chi connectivity index (χ0) is 18.0. The summed E-state index contributed by atoms with van der Waals surface area (Å²) in [7, 11) is 1.27. The molecule has 3 rings (SSSR count). The molecule has 0 spiro atoms. The zero-order valence-corrected chi connectivity index (χ0v) is 14.9. The second-order valence-corrected chi connectivity index (χ2v) is 7.01. The fourth-order valence-corrected chi connectivity index (χ4v) is 3.23. The number of rotatable bonds is 5.